The second kappa shape index (κ2) is 6.89. The van der Waals surface area contributed by atoms with Crippen LogP contribution >= 0.6 is 0 Å². The lowest BCUT2D eigenvalue weighted by atomic mass is 9.78. The zero-order valence-corrected chi connectivity index (χ0v) is 12.6. The van der Waals surface area contributed by atoms with Crippen molar-refractivity contribution in [1.82, 2.24) is 5.32 Å². The number of nitrogens with one attached hydrogen (secondary N) is 1. The van der Waals surface area contributed by atoms with Gasteiger partial charge in [0.25, 0.3) is 0 Å². The first kappa shape index (κ1) is 15.0. The van der Waals surface area contributed by atoms with Crippen LogP contribution in [-0.2, 0) is 4.79 Å². The molecule has 0 spiro atoms. The lowest BCUT2D eigenvalue weighted by Crippen LogP contribution is -2.40. The Morgan fingerprint density at radius 2 is 2.05 bits per heavy atom. The molecular weight excluding hydrogens is 248 g/mol. The summed E-state index contributed by atoms with van der Waals surface area (Å²) in [5.41, 5.74) is 8.23. The fourth-order valence-electron chi connectivity index (χ4n) is 3.31. The molecule has 20 heavy (non-hydrogen) atoms. The van der Waals surface area contributed by atoms with E-state index in [0.717, 1.165) is 19.3 Å². The summed E-state index contributed by atoms with van der Waals surface area (Å²) in [6.07, 6.45) is 4.42. The van der Waals surface area contributed by atoms with Gasteiger partial charge in [0, 0.05) is 5.92 Å². The SMILES string of the molecule is Cc1ccccc1C(C)NC(=O)C1CCCCC1CN. The zero-order valence-electron chi connectivity index (χ0n) is 12.6. The van der Waals surface area contributed by atoms with Gasteiger partial charge < -0.3 is 11.1 Å². The summed E-state index contributed by atoms with van der Waals surface area (Å²) in [4.78, 5) is 12.5. The number of nitrogens with two attached hydrogens (primary N) is 1. The van der Waals surface area contributed by atoms with Gasteiger partial charge in [0.15, 0.2) is 0 Å². The van der Waals surface area contributed by atoms with Crippen LogP contribution in [0.15, 0.2) is 24.3 Å². The Morgan fingerprint density at radius 3 is 2.75 bits per heavy atom. The molecule has 1 fully saturated rings. The first-order valence-corrected chi connectivity index (χ1v) is 7.69. The van der Waals surface area contributed by atoms with Crippen molar-refractivity contribution in [2.45, 2.75) is 45.6 Å². The lowest BCUT2D eigenvalue weighted by Gasteiger charge is -2.30. The number of rotatable bonds is 4. The third-order valence-electron chi connectivity index (χ3n) is 4.56. The Labute approximate surface area is 121 Å². The second-order valence-corrected chi connectivity index (χ2v) is 5.97. The summed E-state index contributed by atoms with van der Waals surface area (Å²) in [6, 6.07) is 8.28. The number of aryl methyl sites for hydroxylation is 1. The number of amides is 1. The average molecular weight is 274 g/mol. The van der Waals surface area contributed by atoms with E-state index in [1.165, 1.54) is 17.5 Å². The third-order valence-corrected chi connectivity index (χ3v) is 4.56. The van der Waals surface area contributed by atoms with Gasteiger partial charge in [-0.25, -0.2) is 0 Å². The van der Waals surface area contributed by atoms with E-state index in [1.54, 1.807) is 0 Å². The van der Waals surface area contributed by atoms with Crippen LogP contribution in [0.1, 0.15) is 49.8 Å². The van der Waals surface area contributed by atoms with Gasteiger partial charge >= 0.3 is 0 Å². The zero-order chi connectivity index (χ0) is 14.5. The molecule has 3 heteroatoms. The number of carbonyl (C=O) groups is 1. The van der Waals surface area contributed by atoms with E-state index < -0.39 is 0 Å². The predicted octanol–water partition coefficient (Wildman–Crippen LogP) is 2.94. The molecule has 0 radical (unpaired) electrons. The van der Waals surface area contributed by atoms with Crippen molar-refractivity contribution in [1.29, 1.82) is 0 Å². The summed E-state index contributed by atoms with van der Waals surface area (Å²) in [6.45, 7) is 4.76. The highest BCUT2D eigenvalue weighted by Crippen LogP contribution is 2.30. The summed E-state index contributed by atoms with van der Waals surface area (Å²) in [5.74, 6) is 0.629. The van der Waals surface area contributed by atoms with Crippen LogP contribution in [0.2, 0.25) is 0 Å². The Bertz CT molecular complexity index is 458. The van der Waals surface area contributed by atoms with Gasteiger partial charge in [-0.05, 0) is 50.3 Å². The van der Waals surface area contributed by atoms with Crippen LogP contribution in [-0.4, -0.2) is 12.5 Å². The van der Waals surface area contributed by atoms with Gasteiger partial charge in [-0.2, -0.15) is 0 Å². The molecule has 3 atom stereocenters. The van der Waals surface area contributed by atoms with E-state index in [9.17, 15) is 4.79 Å². The molecule has 0 aliphatic heterocycles. The molecule has 110 valence electrons. The van der Waals surface area contributed by atoms with Crippen LogP contribution in [0.25, 0.3) is 0 Å². The summed E-state index contributed by atoms with van der Waals surface area (Å²) in [7, 11) is 0. The van der Waals surface area contributed by atoms with Gasteiger partial charge in [-0.15, -0.1) is 0 Å². The average Bonchev–Trinajstić information content (AvgIpc) is 2.47. The van der Waals surface area contributed by atoms with Crippen molar-refractivity contribution in [3.05, 3.63) is 35.4 Å². The fourth-order valence-corrected chi connectivity index (χ4v) is 3.31. The normalized spacial score (nSPS) is 24.1. The van der Waals surface area contributed by atoms with Gasteiger partial charge in [-0.1, -0.05) is 37.1 Å². The Balaban J connectivity index is 2.02. The molecule has 2 rings (SSSR count). The molecule has 1 aromatic carbocycles. The molecule has 3 nitrogen and oxygen atoms in total. The summed E-state index contributed by atoms with van der Waals surface area (Å²) < 4.78 is 0. The van der Waals surface area contributed by atoms with Gasteiger partial charge in [0.2, 0.25) is 5.91 Å². The fraction of sp³-hybridized carbons (Fsp3) is 0.588. The Hall–Kier alpha value is -1.35. The van der Waals surface area contributed by atoms with E-state index >= 15 is 0 Å². The van der Waals surface area contributed by atoms with E-state index in [4.69, 9.17) is 5.73 Å². The third kappa shape index (κ3) is 3.40. The molecule has 0 saturated heterocycles. The molecule has 0 heterocycles. The molecule has 1 aromatic rings. The first-order valence-electron chi connectivity index (χ1n) is 7.69. The number of benzene rings is 1. The van der Waals surface area contributed by atoms with Crippen LogP contribution in [0, 0.1) is 18.8 Å². The molecule has 3 unspecified atom stereocenters. The van der Waals surface area contributed by atoms with Crippen molar-refractivity contribution in [3.63, 3.8) is 0 Å². The summed E-state index contributed by atoms with van der Waals surface area (Å²) >= 11 is 0. The molecule has 1 aliphatic rings. The standard InChI is InChI=1S/C17H26N2O/c1-12-7-3-5-9-15(12)13(2)19-17(20)16-10-6-4-8-14(16)11-18/h3,5,7,9,13-14,16H,4,6,8,10-11,18H2,1-2H3,(H,19,20). The van der Waals surface area contributed by atoms with Crippen molar-refractivity contribution in [2.24, 2.45) is 17.6 Å². The van der Waals surface area contributed by atoms with E-state index in [2.05, 4.69) is 31.3 Å². The van der Waals surface area contributed by atoms with Crippen molar-refractivity contribution in [2.75, 3.05) is 6.54 Å². The van der Waals surface area contributed by atoms with Gasteiger partial charge in [0.05, 0.1) is 6.04 Å². The van der Waals surface area contributed by atoms with Gasteiger partial charge in [0.1, 0.15) is 0 Å². The Kier molecular flexibility index (Phi) is 5.18. The Morgan fingerprint density at radius 1 is 1.35 bits per heavy atom. The van der Waals surface area contributed by atoms with Crippen LogP contribution in [0.5, 0.6) is 0 Å². The molecule has 3 N–H and O–H groups in total. The molecule has 1 amide bonds. The topological polar surface area (TPSA) is 55.1 Å². The minimum absolute atomic E-state index is 0.0593. The van der Waals surface area contributed by atoms with Crippen LogP contribution in [0.4, 0.5) is 0 Å². The quantitative estimate of drug-likeness (QED) is 0.887. The summed E-state index contributed by atoms with van der Waals surface area (Å²) in [5, 5.41) is 3.18. The first-order chi connectivity index (χ1) is 9.63. The monoisotopic (exact) mass is 274 g/mol. The lowest BCUT2D eigenvalue weighted by molar-refractivity contribution is -0.128. The maximum absolute atomic E-state index is 12.5. The highest BCUT2D eigenvalue weighted by atomic mass is 16.1. The van der Waals surface area contributed by atoms with Crippen molar-refractivity contribution >= 4 is 5.91 Å². The minimum atomic E-state index is 0.0593. The second-order valence-electron chi connectivity index (χ2n) is 5.97. The van der Waals surface area contributed by atoms with E-state index in [1.807, 2.05) is 12.1 Å². The predicted molar refractivity (Wildman–Crippen MR) is 82.2 cm³/mol. The smallest absolute Gasteiger partial charge is 0.223 e. The number of carbonyl (C=O) groups excluding carboxylic acids is 1. The van der Waals surface area contributed by atoms with Gasteiger partial charge in [-0.3, -0.25) is 4.79 Å². The minimum Gasteiger partial charge on any atom is -0.349 e. The van der Waals surface area contributed by atoms with Crippen LogP contribution in [0.3, 0.4) is 0 Å². The van der Waals surface area contributed by atoms with E-state index in [0.29, 0.717) is 12.5 Å². The van der Waals surface area contributed by atoms with Crippen LogP contribution < -0.4 is 11.1 Å². The molecule has 0 aromatic heterocycles. The molecule has 1 saturated carbocycles. The number of hydrogen-bond donors (Lipinski definition) is 2. The van der Waals surface area contributed by atoms with Crippen molar-refractivity contribution in [3.8, 4) is 0 Å². The van der Waals surface area contributed by atoms with Crippen molar-refractivity contribution < 1.29 is 4.79 Å². The molecule has 1 aliphatic carbocycles. The molecular formula is C17H26N2O. The molecule has 0 bridgehead atoms. The number of hydrogen-bond acceptors (Lipinski definition) is 2. The largest absolute Gasteiger partial charge is 0.349 e. The maximum atomic E-state index is 12.5. The van der Waals surface area contributed by atoms with E-state index in [-0.39, 0.29) is 17.9 Å². The highest BCUT2D eigenvalue weighted by Gasteiger charge is 2.30. The highest BCUT2D eigenvalue weighted by molar-refractivity contribution is 5.79. The maximum Gasteiger partial charge on any atom is 0.223 e.